The van der Waals surface area contributed by atoms with E-state index in [0.717, 1.165) is 5.69 Å². The van der Waals surface area contributed by atoms with Crippen LogP contribution >= 0.6 is 12.6 Å². The van der Waals surface area contributed by atoms with Crippen molar-refractivity contribution in [2.45, 2.75) is 12.8 Å². The zero-order valence-corrected chi connectivity index (χ0v) is 7.08. The van der Waals surface area contributed by atoms with Crippen LogP contribution in [0, 0.1) is 0 Å². The fraction of sp³-hybridized carbons (Fsp3) is 0.250. The maximum atomic E-state index is 10.8. The molecule has 1 aromatic heterocycles. The Morgan fingerprint density at radius 3 is 2.82 bits per heavy atom. The molecule has 0 aliphatic rings. The van der Waals surface area contributed by atoms with Crippen LogP contribution in [-0.4, -0.2) is 10.1 Å². The Kier molecular flexibility index (Phi) is 2.65. The average Bonchev–Trinajstić information content (AvgIpc) is 2.05. The molecule has 0 saturated heterocycles. The monoisotopic (exact) mass is 167 g/mol. The van der Waals surface area contributed by atoms with Crippen LogP contribution in [0.3, 0.4) is 0 Å². The fourth-order valence-corrected chi connectivity index (χ4v) is 0.891. The zero-order chi connectivity index (χ0) is 8.27. The van der Waals surface area contributed by atoms with Gasteiger partial charge in [0.1, 0.15) is 0 Å². The molecular weight excluding hydrogens is 158 g/mol. The lowest BCUT2D eigenvalue weighted by molar-refractivity contribution is -0.111. The minimum atomic E-state index is -0.209. The summed E-state index contributed by atoms with van der Waals surface area (Å²) in [6.07, 6.45) is 1.67. The van der Waals surface area contributed by atoms with Gasteiger partial charge in [-0.15, -0.1) is 12.6 Å². The summed E-state index contributed by atoms with van der Waals surface area (Å²) >= 11 is 3.73. The molecule has 58 valence electrons. The molecule has 0 N–H and O–H groups in total. The van der Waals surface area contributed by atoms with E-state index in [4.69, 9.17) is 0 Å². The first kappa shape index (κ1) is 8.27. The van der Waals surface area contributed by atoms with E-state index in [1.807, 2.05) is 18.2 Å². The quantitative estimate of drug-likeness (QED) is 0.679. The Bertz CT molecular complexity index is 248. The molecule has 0 aliphatic heterocycles. The highest BCUT2D eigenvalue weighted by molar-refractivity contribution is 7.96. The number of carbonyl (C=O) groups is 1. The molecular formula is C8H9NOS. The number of thiol groups is 1. The minimum Gasteiger partial charge on any atom is -0.287 e. The van der Waals surface area contributed by atoms with E-state index in [2.05, 4.69) is 17.6 Å². The highest BCUT2D eigenvalue weighted by atomic mass is 32.1. The standard InChI is InChI=1S/C8H9NOS/c1-6(8(10)11)7-4-2-3-5-9-7/h2-6H,1H3,(H,10,11). The average molecular weight is 167 g/mol. The number of aromatic nitrogens is 1. The van der Waals surface area contributed by atoms with Crippen molar-refractivity contribution in [2.75, 3.05) is 0 Å². The van der Waals surface area contributed by atoms with Gasteiger partial charge < -0.3 is 0 Å². The summed E-state index contributed by atoms with van der Waals surface area (Å²) in [5.41, 5.74) is 0.771. The van der Waals surface area contributed by atoms with Gasteiger partial charge in [-0.1, -0.05) is 6.07 Å². The Morgan fingerprint density at radius 2 is 2.36 bits per heavy atom. The smallest absolute Gasteiger partial charge is 0.194 e. The van der Waals surface area contributed by atoms with E-state index in [9.17, 15) is 4.79 Å². The molecule has 1 aromatic rings. The molecule has 0 amide bonds. The Labute approximate surface area is 71.1 Å². The summed E-state index contributed by atoms with van der Waals surface area (Å²) in [6.45, 7) is 1.79. The van der Waals surface area contributed by atoms with Crippen molar-refractivity contribution >= 4 is 17.7 Å². The molecule has 0 radical (unpaired) electrons. The Hall–Kier alpha value is -0.830. The van der Waals surface area contributed by atoms with Crippen molar-refractivity contribution in [3.8, 4) is 0 Å². The number of carbonyl (C=O) groups excluding carboxylic acids is 1. The van der Waals surface area contributed by atoms with Crippen molar-refractivity contribution in [3.05, 3.63) is 30.1 Å². The van der Waals surface area contributed by atoms with E-state index in [1.165, 1.54) is 0 Å². The van der Waals surface area contributed by atoms with E-state index < -0.39 is 0 Å². The molecule has 0 aromatic carbocycles. The lowest BCUT2D eigenvalue weighted by Crippen LogP contribution is -2.03. The predicted molar refractivity (Wildman–Crippen MR) is 46.6 cm³/mol. The molecule has 0 saturated carbocycles. The molecule has 3 heteroatoms. The second-order valence-corrected chi connectivity index (χ2v) is 2.76. The van der Waals surface area contributed by atoms with Crippen LogP contribution in [0.4, 0.5) is 0 Å². The van der Waals surface area contributed by atoms with Crippen molar-refractivity contribution in [1.29, 1.82) is 0 Å². The van der Waals surface area contributed by atoms with Gasteiger partial charge in [-0.05, 0) is 19.1 Å². The molecule has 0 fully saturated rings. The second-order valence-electron chi connectivity index (χ2n) is 2.31. The van der Waals surface area contributed by atoms with Gasteiger partial charge >= 0.3 is 0 Å². The first-order chi connectivity index (χ1) is 5.22. The molecule has 1 rings (SSSR count). The third-order valence-electron chi connectivity index (χ3n) is 1.50. The summed E-state index contributed by atoms with van der Waals surface area (Å²) in [4.78, 5) is 14.8. The normalized spacial score (nSPS) is 12.5. The fourth-order valence-electron chi connectivity index (χ4n) is 0.759. The van der Waals surface area contributed by atoms with Crippen molar-refractivity contribution in [2.24, 2.45) is 0 Å². The molecule has 0 bridgehead atoms. The summed E-state index contributed by atoms with van der Waals surface area (Å²) in [6, 6.07) is 5.49. The van der Waals surface area contributed by atoms with Crippen LogP contribution in [0.2, 0.25) is 0 Å². The summed E-state index contributed by atoms with van der Waals surface area (Å²) in [7, 11) is 0. The van der Waals surface area contributed by atoms with Crippen LogP contribution in [0.5, 0.6) is 0 Å². The lowest BCUT2D eigenvalue weighted by Gasteiger charge is -2.03. The van der Waals surface area contributed by atoms with E-state index >= 15 is 0 Å². The molecule has 1 atom stereocenters. The van der Waals surface area contributed by atoms with Crippen LogP contribution in [0.15, 0.2) is 24.4 Å². The summed E-state index contributed by atoms with van der Waals surface area (Å²) < 4.78 is 0. The first-order valence-electron chi connectivity index (χ1n) is 3.35. The molecule has 0 aliphatic carbocycles. The van der Waals surface area contributed by atoms with Gasteiger partial charge in [0.2, 0.25) is 0 Å². The number of rotatable bonds is 2. The number of hydrogen-bond donors (Lipinski definition) is 1. The van der Waals surface area contributed by atoms with Crippen LogP contribution in [0.25, 0.3) is 0 Å². The van der Waals surface area contributed by atoms with Crippen LogP contribution in [-0.2, 0) is 4.79 Å². The van der Waals surface area contributed by atoms with E-state index in [1.54, 1.807) is 13.1 Å². The van der Waals surface area contributed by atoms with Gasteiger partial charge in [0.25, 0.3) is 0 Å². The SMILES string of the molecule is CC(C(=O)S)c1ccccn1. The van der Waals surface area contributed by atoms with Gasteiger partial charge in [0.15, 0.2) is 5.12 Å². The molecule has 11 heavy (non-hydrogen) atoms. The van der Waals surface area contributed by atoms with E-state index in [0.29, 0.717) is 0 Å². The maximum absolute atomic E-state index is 10.8. The highest BCUT2D eigenvalue weighted by Crippen LogP contribution is 2.13. The molecule has 1 unspecified atom stereocenters. The maximum Gasteiger partial charge on any atom is 0.194 e. The topological polar surface area (TPSA) is 30.0 Å². The molecule has 0 spiro atoms. The van der Waals surface area contributed by atoms with Crippen LogP contribution < -0.4 is 0 Å². The van der Waals surface area contributed by atoms with E-state index in [-0.39, 0.29) is 11.0 Å². The van der Waals surface area contributed by atoms with Gasteiger partial charge in [0, 0.05) is 6.20 Å². The van der Waals surface area contributed by atoms with Gasteiger partial charge in [-0.3, -0.25) is 9.78 Å². The number of hydrogen-bond acceptors (Lipinski definition) is 2. The third-order valence-corrected chi connectivity index (χ3v) is 1.89. The number of nitrogens with zero attached hydrogens (tertiary/aromatic N) is 1. The molecule has 1 heterocycles. The Morgan fingerprint density at radius 1 is 1.64 bits per heavy atom. The largest absolute Gasteiger partial charge is 0.287 e. The molecule has 2 nitrogen and oxygen atoms in total. The van der Waals surface area contributed by atoms with Gasteiger partial charge in [-0.25, -0.2) is 0 Å². The lowest BCUT2D eigenvalue weighted by atomic mass is 10.1. The summed E-state index contributed by atoms with van der Waals surface area (Å²) in [5, 5.41) is -0.149. The van der Waals surface area contributed by atoms with Crippen LogP contribution in [0.1, 0.15) is 18.5 Å². The zero-order valence-electron chi connectivity index (χ0n) is 6.19. The summed E-state index contributed by atoms with van der Waals surface area (Å²) in [5.74, 6) is -0.209. The third kappa shape index (κ3) is 2.05. The van der Waals surface area contributed by atoms with Crippen molar-refractivity contribution in [3.63, 3.8) is 0 Å². The first-order valence-corrected chi connectivity index (χ1v) is 3.80. The number of pyridine rings is 1. The minimum absolute atomic E-state index is 0.149. The second kappa shape index (κ2) is 3.53. The Balaban J connectivity index is 2.85. The van der Waals surface area contributed by atoms with Gasteiger partial charge in [-0.2, -0.15) is 0 Å². The highest BCUT2D eigenvalue weighted by Gasteiger charge is 2.11. The van der Waals surface area contributed by atoms with Gasteiger partial charge in [0.05, 0.1) is 11.6 Å². The van der Waals surface area contributed by atoms with Crippen molar-refractivity contribution in [1.82, 2.24) is 4.98 Å². The van der Waals surface area contributed by atoms with Crippen molar-refractivity contribution < 1.29 is 4.79 Å². The predicted octanol–water partition coefficient (Wildman–Crippen LogP) is 1.64.